The summed E-state index contributed by atoms with van der Waals surface area (Å²) >= 11 is 0. The highest BCUT2D eigenvalue weighted by Crippen LogP contribution is 2.30. The van der Waals surface area contributed by atoms with Crippen molar-refractivity contribution in [1.29, 1.82) is 0 Å². The van der Waals surface area contributed by atoms with Gasteiger partial charge in [0.1, 0.15) is 0 Å². The SMILES string of the molecule is CN1CCN(c2cnn(C3CCN(C(=O)CC4CCCC4)C3)c2)C1=O. The number of nitrogens with zero attached hydrogens (tertiary/aromatic N) is 5. The predicted molar refractivity (Wildman–Crippen MR) is 94.4 cm³/mol. The normalized spacial score (nSPS) is 24.8. The molecule has 7 heteroatoms. The molecule has 3 amide bonds. The molecule has 2 aliphatic heterocycles. The number of urea groups is 1. The maximum absolute atomic E-state index is 12.5. The Morgan fingerprint density at radius 2 is 2.00 bits per heavy atom. The van der Waals surface area contributed by atoms with Crippen LogP contribution in [0.5, 0.6) is 0 Å². The molecule has 3 aliphatic rings. The third-order valence-electron chi connectivity index (χ3n) is 5.94. The minimum Gasteiger partial charge on any atom is -0.340 e. The van der Waals surface area contributed by atoms with Gasteiger partial charge < -0.3 is 9.80 Å². The first-order chi connectivity index (χ1) is 12.1. The number of carbonyl (C=O) groups excluding carboxylic acids is 2. The number of anilines is 1. The lowest BCUT2D eigenvalue weighted by Crippen LogP contribution is -2.30. The zero-order valence-electron chi connectivity index (χ0n) is 14.9. The fourth-order valence-corrected chi connectivity index (χ4v) is 4.33. The van der Waals surface area contributed by atoms with Gasteiger partial charge in [-0.05, 0) is 25.2 Å². The molecule has 2 saturated heterocycles. The molecule has 0 spiro atoms. The highest BCUT2D eigenvalue weighted by Gasteiger charge is 2.31. The van der Waals surface area contributed by atoms with Gasteiger partial charge in [-0.15, -0.1) is 0 Å². The molecule has 0 aromatic carbocycles. The fourth-order valence-electron chi connectivity index (χ4n) is 4.33. The second-order valence-corrected chi connectivity index (χ2v) is 7.67. The first-order valence-corrected chi connectivity index (χ1v) is 9.46. The van der Waals surface area contributed by atoms with Crippen LogP contribution in [0.2, 0.25) is 0 Å². The Kier molecular flexibility index (Phi) is 4.39. The van der Waals surface area contributed by atoms with E-state index in [0.29, 0.717) is 24.8 Å². The summed E-state index contributed by atoms with van der Waals surface area (Å²) in [5.41, 5.74) is 0.852. The summed E-state index contributed by atoms with van der Waals surface area (Å²) in [7, 11) is 1.82. The van der Waals surface area contributed by atoms with Gasteiger partial charge in [0.05, 0.1) is 17.9 Å². The maximum atomic E-state index is 12.5. The van der Waals surface area contributed by atoms with E-state index in [9.17, 15) is 9.59 Å². The highest BCUT2D eigenvalue weighted by molar-refractivity contribution is 5.93. The lowest BCUT2D eigenvalue weighted by molar-refractivity contribution is -0.131. The predicted octanol–water partition coefficient (Wildman–Crippen LogP) is 2.11. The molecule has 136 valence electrons. The molecule has 3 heterocycles. The number of carbonyl (C=O) groups is 2. The minimum absolute atomic E-state index is 0.0272. The Labute approximate surface area is 148 Å². The van der Waals surface area contributed by atoms with Crippen molar-refractivity contribution in [3.05, 3.63) is 12.4 Å². The summed E-state index contributed by atoms with van der Waals surface area (Å²) in [6.45, 7) is 3.01. The van der Waals surface area contributed by atoms with Crippen LogP contribution in [0.4, 0.5) is 10.5 Å². The zero-order valence-corrected chi connectivity index (χ0v) is 14.9. The van der Waals surface area contributed by atoms with Gasteiger partial charge in [-0.2, -0.15) is 5.10 Å². The van der Waals surface area contributed by atoms with Crippen LogP contribution in [-0.4, -0.2) is 64.7 Å². The number of aromatic nitrogens is 2. The first-order valence-electron chi connectivity index (χ1n) is 9.46. The second kappa shape index (κ2) is 6.69. The number of likely N-dealkylation sites (tertiary alicyclic amines) is 1. The maximum Gasteiger partial charge on any atom is 0.324 e. The zero-order chi connectivity index (χ0) is 17.4. The van der Waals surface area contributed by atoms with E-state index in [4.69, 9.17) is 0 Å². The fraction of sp³-hybridized carbons (Fsp3) is 0.722. The molecule has 7 nitrogen and oxygen atoms in total. The average molecular weight is 345 g/mol. The summed E-state index contributed by atoms with van der Waals surface area (Å²) in [5, 5.41) is 4.47. The average Bonchev–Trinajstić information content (AvgIpc) is 3.35. The second-order valence-electron chi connectivity index (χ2n) is 7.67. The Bertz CT molecular complexity index is 652. The van der Waals surface area contributed by atoms with Crippen molar-refractivity contribution in [2.75, 3.05) is 38.1 Å². The number of amides is 3. The van der Waals surface area contributed by atoms with E-state index in [2.05, 4.69) is 5.10 Å². The van der Waals surface area contributed by atoms with Crippen molar-refractivity contribution < 1.29 is 9.59 Å². The third-order valence-corrected chi connectivity index (χ3v) is 5.94. The summed E-state index contributed by atoms with van der Waals surface area (Å²) in [6.07, 6.45) is 10.3. The number of hydrogen-bond acceptors (Lipinski definition) is 3. The molecular weight excluding hydrogens is 318 g/mol. The van der Waals surface area contributed by atoms with Crippen LogP contribution in [-0.2, 0) is 4.79 Å². The van der Waals surface area contributed by atoms with E-state index >= 15 is 0 Å². The lowest BCUT2D eigenvalue weighted by Gasteiger charge is -2.19. The number of rotatable bonds is 4. The van der Waals surface area contributed by atoms with E-state index in [1.54, 1.807) is 16.0 Å². The van der Waals surface area contributed by atoms with Crippen LogP contribution in [0.3, 0.4) is 0 Å². The molecule has 3 fully saturated rings. The van der Waals surface area contributed by atoms with Crippen molar-refractivity contribution in [1.82, 2.24) is 19.6 Å². The Hall–Kier alpha value is -2.05. The Balaban J connectivity index is 1.35. The van der Waals surface area contributed by atoms with Crippen LogP contribution in [0.1, 0.15) is 44.6 Å². The molecule has 1 aromatic heterocycles. The standard InChI is InChI=1S/C18H27N5O2/c1-20-8-9-22(18(20)25)16-11-19-23(13-16)15-6-7-21(12-15)17(24)10-14-4-2-3-5-14/h11,13-15H,2-10,12H2,1H3. The molecule has 4 rings (SSSR count). The summed E-state index contributed by atoms with van der Waals surface area (Å²) in [6, 6.07) is 0.246. The van der Waals surface area contributed by atoms with Crippen molar-refractivity contribution in [3.8, 4) is 0 Å². The van der Waals surface area contributed by atoms with E-state index in [-0.39, 0.29) is 12.1 Å². The van der Waals surface area contributed by atoms with Gasteiger partial charge in [0.2, 0.25) is 5.91 Å². The van der Waals surface area contributed by atoms with E-state index < -0.39 is 0 Å². The first kappa shape index (κ1) is 16.4. The van der Waals surface area contributed by atoms with Gasteiger partial charge in [-0.25, -0.2) is 4.79 Å². The van der Waals surface area contributed by atoms with Crippen LogP contribution in [0.25, 0.3) is 0 Å². The third kappa shape index (κ3) is 3.24. The molecule has 1 aliphatic carbocycles. The molecule has 0 bridgehead atoms. The van der Waals surface area contributed by atoms with Crippen LogP contribution in [0, 0.1) is 5.92 Å². The van der Waals surface area contributed by atoms with Crippen molar-refractivity contribution in [2.45, 2.75) is 44.6 Å². The Morgan fingerprint density at radius 1 is 1.20 bits per heavy atom. The van der Waals surface area contributed by atoms with E-state index in [1.165, 1.54) is 25.7 Å². The van der Waals surface area contributed by atoms with Crippen molar-refractivity contribution >= 4 is 17.6 Å². The monoisotopic (exact) mass is 345 g/mol. The van der Waals surface area contributed by atoms with Gasteiger partial charge in [-0.3, -0.25) is 14.4 Å². The van der Waals surface area contributed by atoms with Crippen molar-refractivity contribution in [3.63, 3.8) is 0 Å². The molecule has 1 unspecified atom stereocenters. The largest absolute Gasteiger partial charge is 0.340 e. The minimum atomic E-state index is 0.0272. The quantitative estimate of drug-likeness (QED) is 0.840. The Morgan fingerprint density at radius 3 is 2.72 bits per heavy atom. The molecule has 1 atom stereocenters. The van der Waals surface area contributed by atoms with Gasteiger partial charge in [0.25, 0.3) is 0 Å². The molecular formula is C18H27N5O2. The van der Waals surface area contributed by atoms with Crippen molar-refractivity contribution in [2.24, 2.45) is 5.92 Å². The lowest BCUT2D eigenvalue weighted by atomic mass is 10.0. The number of hydrogen-bond donors (Lipinski definition) is 0. The number of likely N-dealkylation sites (N-methyl/N-ethyl adjacent to an activating group) is 1. The molecule has 0 radical (unpaired) electrons. The van der Waals surface area contributed by atoms with E-state index in [0.717, 1.165) is 31.7 Å². The van der Waals surface area contributed by atoms with Gasteiger partial charge in [0.15, 0.2) is 0 Å². The highest BCUT2D eigenvalue weighted by atomic mass is 16.2. The molecule has 1 saturated carbocycles. The van der Waals surface area contributed by atoms with Gasteiger partial charge >= 0.3 is 6.03 Å². The topological polar surface area (TPSA) is 61.7 Å². The smallest absolute Gasteiger partial charge is 0.324 e. The molecule has 25 heavy (non-hydrogen) atoms. The summed E-state index contributed by atoms with van der Waals surface area (Å²) < 4.78 is 1.93. The van der Waals surface area contributed by atoms with Gasteiger partial charge in [-0.1, -0.05) is 12.8 Å². The van der Waals surface area contributed by atoms with E-state index in [1.807, 2.05) is 22.8 Å². The van der Waals surface area contributed by atoms with Crippen LogP contribution in [0.15, 0.2) is 12.4 Å². The molecule has 0 N–H and O–H groups in total. The summed E-state index contributed by atoms with van der Waals surface area (Å²) in [5.74, 6) is 0.902. The van der Waals surface area contributed by atoms with Gasteiger partial charge in [0, 0.05) is 45.8 Å². The summed E-state index contributed by atoms with van der Waals surface area (Å²) in [4.78, 5) is 30.1. The van der Waals surface area contributed by atoms with Crippen LogP contribution < -0.4 is 4.90 Å². The molecule has 1 aromatic rings. The van der Waals surface area contributed by atoms with Crippen LogP contribution >= 0.6 is 0 Å².